The highest BCUT2D eigenvalue weighted by molar-refractivity contribution is 7.20. The largest absolute Gasteiger partial charge is 0.477 e. The summed E-state index contributed by atoms with van der Waals surface area (Å²) in [6.45, 7) is 3.00. The highest BCUT2D eigenvalue weighted by Crippen LogP contribution is 2.44. The number of likely N-dealkylation sites (N-methyl/N-ethyl adjacent to an activating group) is 1. The van der Waals surface area contributed by atoms with Crippen LogP contribution in [0.1, 0.15) is 22.5 Å². The Morgan fingerprint density at radius 1 is 1.06 bits per heavy atom. The first-order valence-electron chi connectivity index (χ1n) is 12.3. The first-order valence-corrected chi connectivity index (χ1v) is 13.2. The van der Waals surface area contributed by atoms with Crippen molar-refractivity contribution in [1.29, 1.82) is 0 Å². The Morgan fingerprint density at radius 2 is 1.72 bits per heavy atom. The fraction of sp³-hybridized carbons (Fsp3) is 0.310. The molecule has 1 N–H and O–H groups in total. The van der Waals surface area contributed by atoms with Crippen LogP contribution in [-0.4, -0.2) is 65.1 Å². The number of carbonyl (C=O) groups is 2. The molecule has 0 bridgehead atoms. The lowest BCUT2D eigenvalue weighted by Gasteiger charge is -2.32. The van der Waals surface area contributed by atoms with Crippen LogP contribution >= 0.6 is 11.3 Å². The topological polar surface area (TPSA) is 65.8 Å². The highest BCUT2D eigenvalue weighted by atomic mass is 32.1. The predicted octanol–water partition coefficient (Wildman–Crippen LogP) is 5.54. The van der Waals surface area contributed by atoms with E-state index in [1.54, 1.807) is 6.07 Å². The fourth-order valence-electron chi connectivity index (χ4n) is 5.34. The van der Waals surface area contributed by atoms with Gasteiger partial charge >= 0.3 is 5.97 Å². The SMILES string of the molecule is CN1CCCC(CN(C)C(=O)Cn2c(-c3ccccc3)c(-c3ccccc3)c3cc(C(=O)O)sc32)C1. The summed E-state index contributed by atoms with van der Waals surface area (Å²) in [6.07, 6.45) is 2.29. The van der Waals surface area contributed by atoms with Crippen LogP contribution in [0.4, 0.5) is 0 Å². The maximum Gasteiger partial charge on any atom is 0.345 e. The van der Waals surface area contributed by atoms with Gasteiger partial charge in [-0.15, -0.1) is 11.3 Å². The smallest absolute Gasteiger partial charge is 0.345 e. The summed E-state index contributed by atoms with van der Waals surface area (Å²) < 4.78 is 2.02. The van der Waals surface area contributed by atoms with Gasteiger partial charge < -0.3 is 19.5 Å². The Morgan fingerprint density at radius 3 is 2.36 bits per heavy atom. The van der Waals surface area contributed by atoms with Crippen LogP contribution < -0.4 is 0 Å². The standard InChI is InChI=1S/C29H31N3O3S/c1-30-15-9-10-20(17-30)18-31(2)25(33)19-32-27(22-13-7-4-8-14-22)26(21-11-5-3-6-12-21)23-16-24(29(34)35)36-28(23)32/h3-8,11-14,16,20H,9-10,15,17-19H2,1-2H3,(H,34,35). The van der Waals surface area contributed by atoms with Gasteiger partial charge in [-0.2, -0.15) is 0 Å². The van der Waals surface area contributed by atoms with E-state index in [9.17, 15) is 14.7 Å². The van der Waals surface area contributed by atoms with E-state index in [-0.39, 0.29) is 17.3 Å². The van der Waals surface area contributed by atoms with Crippen molar-refractivity contribution in [3.05, 3.63) is 71.6 Å². The van der Waals surface area contributed by atoms with Gasteiger partial charge in [0.15, 0.2) is 0 Å². The summed E-state index contributed by atoms with van der Waals surface area (Å²) in [5.74, 6) is -0.453. The molecule has 2 aromatic carbocycles. The number of nitrogens with zero attached hydrogens (tertiary/aromatic N) is 3. The number of hydrogen-bond acceptors (Lipinski definition) is 4. The summed E-state index contributed by atoms with van der Waals surface area (Å²) in [5.41, 5.74) is 3.91. The normalized spacial score (nSPS) is 16.3. The first-order chi connectivity index (χ1) is 17.4. The van der Waals surface area contributed by atoms with Crippen molar-refractivity contribution in [3.63, 3.8) is 0 Å². The minimum atomic E-state index is -0.951. The number of amides is 1. The zero-order valence-corrected chi connectivity index (χ0v) is 21.5. The molecule has 1 atom stereocenters. The lowest BCUT2D eigenvalue weighted by molar-refractivity contribution is -0.131. The molecule has 6 nitrogen and oxygen atoms in total. The van der Waals surface area contributed by atoms with E-state index >= 15 is 0 Å². The van der Waals surface area contributed by atoms with E-state index in [4.69, 9.17) is 0 Å². The molecule has 1 aliphatic heterocycles. The van der Waals surface area contributed by atoms with E-state index in [2.05, 4.69) is 11.9 Å². The molecule has 3 heterocycles. The maximum atomic E-state index is 13.6. The number of carbonyl (C=O) groups excluding carboxylic acids is 1. The summed E-state index contributed by atoms with van der Waals surface area (Å²) in [4.78, 5) is 30.7. The number of carboxylic acid groups (broad SMARTS) is 1. The summed E-state index contributed by atoms with van der Waals surface area (Å²) >= 11 is 1.23. The van der Waals surface area contributed by atoms with E-state index in [0.29, 0.717) is 5.92 Å². The zero-order chi connectivity index (χ0) is 25.2. The number of piperidine rings is 1. The Kier molecular flexibility index (Phi) is 6.94. The van der Waals surface area contributed by atoms with Crippen LogP contribution in [0, 0.1) is 5.92 Å². The third-order valence-corrected chi connectivity index (χ3v) is 8.17. The van der Waals surface area contributed by atoms with Gasteiger partial charge in [-0.3, -0.25) is 4.79 Å². The first kappa shape index (κ1) is 24.3. The number of likely N-dealkylation sites (tertiary alicyclic amines) is 1. The molecule has 1 amide bonds. The van der Waals surface area contributed by atoms with Crippen LogP contribution in [0.2, 0.25) is 0 Å². The second-order valence-electron chi connectivity index (χ2n) is 9.72. The molecule has 36 heavy (non-hydrogen) atoms. The third kappa shape index (κ3) is 4.81. The van der Waals surface area contributed by atoms with Gasteiger partial charge in [0.25, 0.3) is 0 Å². The Balaban J connectivity index is 1.60. The van der Waals surface area contributed by atoms with Crippen LogP contribution in [0.5, 0.6) is 0 Å². The molecule has 1 fully saturated rings. The summed E-state index contributed by atoms with van der Waals surface area (Å²) in [5, 5.41) is 10.6. The highest BCUT2D eigenvalue weighted by Gasteiger charge is 2.27. The van der Waals surface area contributed by atoms with Crippen molar-refractivity contribution < 1.29 is 14.7 Å². The lowest BCUT2D eigenvalue weighted by Crippen LogP contribution is -2.40. The Hall–Kier alpha value is -3.42. The fourth-order valence-corrected chi connectivity index (χ4v) is 6.35. The number of thiophene rings is 1. The van der Waals surface area contributed by atoms with Crippen molar-refractivity contribution in [3.8, 4) is 22.4 Å². The summed E-state index contributed by atoms with van der Waals surface area (Å²) in [7, 11) is 4.02. The Bertz CT molecular complexity index is 1380. The number of rotatable bonds is 7. The van der Waals surface area contributed by atoms with Crippen molar-refractivity contribution in [2.45, 2.75) is 19.4 Å². The molecule has 1 aliphatic rings. The van der Waals surface area contributed by atoms with E-state index < -0.39 is 5.97 Å². The van der Waals surface area contributed by atoms with Crippen LogP contribution in [0.15, 0.2) is 66.7 Å². The average Bonchev–Trinajstić information content (AvgIpc) is 3.43. The van der Waals surface area contributed by atoms with Gasteiger partial charge in [-0.25, -0.2) is 4.79 Å². The lowest BCUT2D eigenvalue weighted by atomic mass is 9.98. The number of fused-ring (bicyclic) bond motifs is 1. The van der Waals surface area contributed by atoms with Crippen molar-refractivity contribution in [2.75, 3.05) is 33.7 Å². The second kappa shape index (κ2) is 10.3. The minimum absolute atomic E-state index is 0.0298. The van der Waals surface area contributed by atoms with Gasteiger partial charge in [-0.1, -0.05) is 60.7 Å². The molecule has 2 aromatic heterocycles. The number of hydrogen-bond donors (Lipinski definition) is 1. The van der Waals surface area contributed by atoms with Gasteiger partial charge in [-0.05, 0) is 49.5 Å². The molecule has 0 saturated carbocycles. The number of aromatic carboxylic acids is 1. The number of carboxylic acids is 1. The third-order valence-electron chi connectivity index (χ3n) is 7.03. The molecule has 186 valence electrons. The van der Waals surface area contributed by atoms with E-state index in [0.717, 1.165) is 65.1 Å². The van der Waals surface area contributed by atoms with Crippen LogP contribution in [0.25, 0.3) is 32.6 Å². The molecule has 1 unspecified atom stereocenters. The van der Waals surface area contributed by atoms with Crippen LogP contribution in [0.3, 0.4) is 0 Å². The second-order valence-corrected chi connectivity index (χ2v) is 10.8. The predicted molar refractivity (Wildman–Crippen MR) is 146 cm³/mol. The molecule has 0 radical (unpaired) electrons. The quantitative estimate of drug-likeness (QED) is 0.361. The van der Waals surface area contributed by atoms with E-state index in [1.807, 2.05) is 77.2 Å². The zero-order valence-electron chi connectivity index (χ0n) is 20.7. The number of aromatic nitrogens is 1. The van der Waals surface area contributed by atoms with Crippen molar-refractivity contribution in [2.24, 2.45) is 5.92 Å². The molecule has 5 rings (SSSR count). The van der Waals surface area contributed by atoms with Crippen LogP contribution in [-0.2, 0) is 11.3 Å². The van der Waals surface area contributed by atoms with Crippen molar-refractivity contribution in [1.82, 2.24) is 14.4 Å². The van der Waals surface area contributed by atoms with Gasteiger partial charge in [0, 0.05) is 31.1 Å². The minimum Gasteiger partial charge on any atom is -0.477 e. The molecular formula is C29H31N3O3S. The molecule has 4 aromatic rings. The van der Waals surface area contributed by atoms with Gasteiger partial charge in [0.1, 0.15) is 16.3 Å². The van der Waals surface area contributed by atoms with Gasteiger partial charge in [0.05, 0.1) is 5.69 Å². The molecule has 0 aliphatic carbocycles. The van der Waals surface area contributed by atoms with E-state index in [1.165, 1.54) is 11.3 Å². The molecular weight excluding hydrogens is 470 g/mol. The number of benzene rings is 2. The summed E-state index contributed by atoms with van der Waals surface area (Å²) in [6, 6.07) is 21.8. The molecule has 7 heteroatoms. The Labute approximate surface area is 215 Å². The van der Waals surface area contributed by atoms with Crippen molar-refractivity contribution >= 4 is 33.4 Å². The average molecular weight is 502 g/mol. The van der Waals surface area contributed by atoms with Gasteiger partial charge in [0.2, 0.25) is 5.91 Å². The maximum absolute atomic E-state index is 13.6. The monoisotopic (exact) mass is 501 g/mol. The molecule has 0 spiro atoms. The molecule has 1 saturated heterocycles.